The molecule has 144 valence electrons. The number of halogens is 1. The van der Waals surface area contributed by atoms with Crippen molar-refractivity contribution >= 4 is 34.2 Å². The summed E-state index contributed by atoms with van der Waals surface area (Å²) < 4.78 is 1.83. The summed E-state index contributed by atoms with van der Waals surface area (Å²) in [5.41, 5.74) is 4.68. The van der Waals surface area contributed by atoms with Crippen LogP contribution in [0.3, 0.4) is 0 Å². The molecule has 0 aliphatic heterocycles. The monoisotopic (exact) mass is 402 g/mol. The van der Waals surface area contributed by atoms with Crippen molar-refractivity contribution in [1.29, 1.82) is 0 Å². The number of aryl methyl sites for hydroxylation is 1. The summed E-state index contributed by atoms with van der Waals surface area (Å²) in [5, 5.41) is 9.09. The second kappa shape index (κ2) is 7.01. The molecule has 0 saturated heterocycles. The van der Waals surface area contributed by atoms with Crippen molar-refractivity contribution in [3.8, 4) is 5.69 Å². The minimum absolute atomic E-state index is 0.169. The van der Waals surface area contributed by atoms with E-state index in [4.69, 9.17) is 21.7 Å². The number of amides is 1. The molecule has 5 rings (SSSR count). The lowest BCUT2D eigenvalue weighted by Gasteiger charge is -2.10. The Bertz CT molecular complexity index is 1210. The Morgan fingerprint density at radius 1 is 1.10 bits per heavy atom. The lowest BCUT2D eigenvalue weighted by Crippen LogP contribution is -2.13. The number of benzene rings is 2. The van der Waals surface area contributed by atoms with Gasteiger partial charge in [0.1, 0.15) is 0 Å². The summed E-state index contributed by atoms with van der Waals surface area (Å²) in [6.45, 7) is 1.92. The van der Waals surface area contributed by atoms with Gasteiger partial charge >= 0.3 is 0 Å². The molecule has 1 N–H and O–H groups in total. The van der Waals surface area contributed by atoms with Gasteiger partial charge in [-0.1, -0.05) is 29.8 Å². The predicted octanol–water partition coefficient (Wildman–Crippen LogP) is 5.51. The van der Waals surface area contributed by atoms with E-state index in [-0.39, 0.29) is 5.91 Å². The molecule has 1 fully saturated rings. The molecule has 1 amide bonds. The van der Waals surface area contributed by atoms with Gasteiger partial charge in [0.2, 0.25) is 0 Å². The number of carbonyl (C=O) groups excluding carboxylic acids is 1. The van der Waals surface area contributed by atoms with Crippen LogP contribution in [-0.2, 0) is 0 Å². The Hall–Kier alpha value is -3.18. The molecule has 0 atom stereocenters. The zero-order chi connectivity index (χ0) is 20.0. The van der Waals surface area contributed by atoms with E-state index in [1.165, 1.54) is 0 Å². The number of carbonyl (C=O) groups is 1. The molecule has 1 aliphatic carbocycles. The van der Waals surface area contributed by atoms with Gasteiger partial charge in [-0.05, 0) is 62.2 Å². The fourth-order valence-electron chi connectivity index (χ4n) is 3.56. The van der Waals surface area contributed by atoms with Crippen molar-refractivity contribution in [2.45, 2.75) is 25.7 Å². The Balaban J connectivity index is 1.65. The standard InChI is InChI=1S/C23H19ClN4O/c1-14-21-19(23(29)25-17-11-9-16(24)10-12-17)13-20(15-7-8-15)26-22(21)28(27-14)18-5-3-2-4-6-18/h2-6,9-13,15H,7-8H2,1H3,(H,25,29). The minimum Gasteiger partial charge on any atom is -0.322 e. The molecule has 0 radical (unpaired) electrons. The SMILES string of the molecule is Cc1nn(-c2ccccc2)c2nc(C3CC3)cc(C(=O)Nc3ccc(Cl)cc3)c12. The number of nitrogens with one attached hydrogen (secondary N) is 1. The smallest absolute Gasteiger partial charge is 0.256 e. The van der Waals surface area contributed by atoms with Crippen LogP contribution in [-0.4, -0.2) is 20.7 Å². The first kappa shape index (κ1) is 17.9. The molecule has 1 aliphatic rings. The maximum Gasteiger partial charge on any atom is 0.256 e. The first-order chi connectivity index (χ1) is 14.1. The van der Waals surface area contributed by atoms with Crippen molar-refractivity contribution in [3.63, 3.8) is 0 Å². The van der Waals surface area contributed by atoms with E-state index in [9.17, 15) is 4.79 Å². The van der Waals surface area contributed by atoms with Crippen LogP contribution in [0, 0.1) is 6.92 Å². The van der Waals surface area contributed by atoms with E-state index in [0.717, 1.165) is 41.0 Å². The molecule has 2 heterocycles. The number of hydrogen-bond acceptors (Lipinski definition) is 3. The summed E-state index contributed by atoms with van der Waals surface area (Å²) in [5.74, 6) is 0.248. The van der Waals surface area contributed by atoms with Gasteiger partial charge in [-0.3, -0.25) is 4.79 Å². The first-order valence-corrected chi connectivity index (χ1v) is 10.0. The van der Waals surface area contributed by atoms with Crippen molar-refractivity contribution in [2.75, 3.05) is 5.32 Å². The van der Waals surface area contributed by atoms with Crippen molar-refractivity contribution in [1.82, 2.24) is 14.8 Å². The molecule has 4 aromatic rings. The summed E-state index contributed by atoms with van der Waals surface area (Å²) in [6.07, 6.45) is 2.21. The second-order valence-corrected chi connectivity index (χ2v) is 7.80. The third kappa shape index (κ3) is 3.38. The lowest BCUT2D eigenvalue weighted by atomic mass is 10.1. The quantitative estimate of drug-likeness (QED) is 0.489. The van der Waals surface area contributed by atoms with Crippen LogP contribution in [0.15, 0.2) is 60.7 Å². The van der Waals surface area contributed by atoms with Gasteiger partial charge in [0.15, 0.2) is 5.65 Å². The minimum atomic E-state index is -0.169. The van der Waals surface area contributed by atoms with Crippen LogP contribution in [0.25, 0.3) is 16.7 Å². The number of pyridine rings is 1. The van der Waals surface area contributed by atoms with Gasteiger partial charge in [-0.2, -0.15) is 5.10 Å². The highest BCUT2D eigenvalue weighted by molar-refractivity contribution is 6.30. The first-order valence-electron chi connectivity index (χ1n) is 9.63. The summed E-state index contributed by atoms with van der Waals surface area (Å²) >= 11 is 5.96. The molecule has 0 spiro atoms. The third-order valence-corrected chi connectivity index (χ3v) is 5.43. The van der Waals surface area contributed by atoms with E-state index in [2.05, 4.69) is 5.32 Å². The molecule has 0 unspecified atom stereocenters. The average Bonchev–Trinajstić information content (AvgIpc) is 3.54. The number of para-hydroxylation sites is 1. The number of anilines is 1. The van der Waals surface area contributed by atoms with Gasteiger partial charge < -0.3 is 5.32 Å². The number of rotatable bonds is 4. The van der Waals surface area contributed by atoms with Crippen molar-refractivity contribution < 1.29 is 4.79 Å². The van der Waals surface area contributed by atoms with Gasteiger partial charge in [-0.25, -0.2) is 9.67 Å². The van der Waals surface area contributed by atoms with Crippen LogP contribution in [0.2, 0.25) is 5.02 Å². The molecular weight excluding hydrogens is 384 g/mol. The largest absolute Gasteiger partial charge is 0.322 e. The van der Waals surface area contributed by atoms with Crippen molar-refractivity contribution in [3.05, 3.63) is 82.6 Å². The highest BCUT2D eigenvalue weighted by atomic mass is 35.5. The Labute approximate surface area is 173 Å². The zero-order valence-electron chi connectivity index (χ0n) is 15.9. The average molecular weight is 403 g/mol. The molecular formula is C23H19ClN4O. The van der Waals surface area contributed by atoms with E-state index in [1.54, 1.807) is 24.3 Å². The Kier molecular flexibility index (Phi) is 4.32. The molecule has 1 saturated carbocycles. The second-order valence-electron chi connectivity index (χ2n) is 7.36. The van der Waals surface area contributed by atoms with Crippen molar-refractivity contribution in [2.24, 2.45) is 0 Å². The fourth-order valence-corrected chi connectivity index (χ4v) is 3.68. The highest BCUT2D eigenvalue weighted by Crippen LogP contribution is 2.40. The van der Waals surface area contributed by atoms with Gasteiger partial charge in [0.05, 0.1) is 22.3 Å². The molecule has 29 heavy (non-hydrogen) atoms. The Morgan fingerprint density at radius 3 is 2.52 bits per heavy atom. The van der Waals surface area contributed by atoms with E-state index in [0.29, 0.717) is 22.2 Å². The number of aromatic nitrogens is 3. The van der Waals surface area contributed by atoms with Gasteiger partial charge in [0, 0.05) is 22.3 Å². The number of hydrogen-bond donors (Lipinski definition) is 1. The normalized spacial score (nSPS) is 13.6. The van der Waals surface area contributed by atoms with Crippen LogP contribution < -0.4 is 5.32 Å². The summed E-state index contributed by atoms with van der Waals surface area (Å²) in [7, 11) is 0. The molecule has 2 aromatic heterocycles. The maximum absolute atomic E-state index is 13.2. The summed E-state index contributed by atoms with van der Waals surface area (Å²) in [4.78, 5) is 18.1. The highest BCUT2D eigenvalue weighted by Gasteiger charge is 2.29. The summed E-state index contributed by atoms with van der Waals surface area (Å²) in [6, 6.07) is 18.9. The van der Waals surface area contributed by atoms with E-state index >= 15 is 0 Å². The van der Waals surface area contributed by atoms with E-state index in [1.807, 2.05) is 48.0 Å². The predicted molar refractivity (Wildman–Crippen MR) is 115 cm³/mol. The molecule has 0 bridgehead atoms. The zero-order valence-corrected chi connectivity index (χ0v) is 16.6. The number of fused-ring (bicyclic) bond motifs is 1. The fraction of sp³-hybridized carbons (Fsp3) is 0.174. The van der Waals surface area contributed by atoms with Gasteiger partial charge in [-0.15, -0.1) is 0 Å². The topological polar surface area (TPSA) is 59.8 Å². The van der Waals surface area contributed by atoms with Crippen LogP contribution in [0.1, 0.15) is 40.5 Å². The van der Waals surface area contributed by atoms with Crippen LogP contribution in [0.4, 0.5) is 5.69 Å². The van der Waals surface area contributed by atoms with Gasteiger partial charge in [0.25, 0.3) is 5.91 Å². The Morgan fingerprint density at radius 2 is 1.83 bits per heavy atom. The number of nitrogens with zero attached hydrogens (tertiary/aromatic N) is 3. The molecule has 5 nitrogen and oxygen atoms in total. The van der Waals surface area contributed by atoms with Crippen LogP contribution >= 0.6 is 11.6 Å². The maximum atomic E-state index is 13.2. The van der Waals surface area contributed by atoms with E-state index < -0.39 is 0 Å². The molecule has 6 heteroatoms. The molecule has 2 aromatic carbocycles. The lowest BCUT2D eigenvalue weighted by molar-refractivity contribution is 0.102. The van der Waals surface area contributed by atoms with Crippen LogP contribution in [0.5, 0.6) is 0 Å². The third-order valence-electron chi connectivity index (χ3n) is 5.18.